The quantitative estimate of drug-likeness (QED) is 0.813. The molecule has 3 rings (SSSR count). The number of carbonyl (C=O) groups is 1. The second-order valence-corrected chi connectivity index (χ2v) is 6.70. The summed E-state index contributed by atoms with van der Waals surface area (Å²) in [6, 6.07) is 9.23. The maximum absolute atomic E-state index is 12.6. The van der Waals surface area contributed by atoms with Gasteiger partial charge in [0.05, 0.1) is 27.9 Å². The topological polar surface area (TPSA) is 60.0 Å². The fraction of sp³-hybridized carbons (Fsp3) is 0.350. The summed E-state index contributed by atoms with van der Waals surface area (Å²) in [5.74, 6) is 1.35. The molecule has 0 aliphatic carbocycles. The number of benzene rings is 2. The summed E-state index contributed by atoms with van der Waals surface area (Å²) in [6.07, 6.45) is 1.96. The first kappa shape index (κ1) is 19.2. The zero-order chi connectivity index (χ0) is 19.4. The minimum Gasteiger partial charge on any atom is -0.493 e. The van der Waals surface area contributed by atoms with Gasteiger partial charge in [-0.2, -0.15) is 0 Å². The van der Waals surface area contributed by atoms with Crippen molar-refractivity contribution in [3.63, 3.8) is 0 Å². The zero-order valence-electron chi connectivity index (χ0n) is 15.7. The van der Waals surface area contributed by atoms with Crippen LogP contribution >= 0.6 is 11.6 Å². The Morgan fingerprint density at radius 2 is 1.81 bits per heavy atom. The van der Waals surface area contributed by atoms with Gasteiger partial charge in [0.25, 0.3) is 0 Å². The molecule has 0 saturated carbocycles. The van der Waals surface area contributed by atoms with Gasteiger partial charge in [-0.25, -0.2) is 0 Å². The molecule has 1 heterocycles. The molecule has 144 valence electrons. The number of nitrogens with one attached hydrogen (secondary N) is 1. The van der Waals surface area contributed by atoms with Gasteiger partial charge in [0.15, 0.2) is 11.5 Å². The van der Waals surface area contributed by atoms with Crippen LogP contribution in [0.4, 0.5) is 11.4 Å². The van der Waals surface area contributed by atoms with Gasteiger partial charge in [-0.15, -0.1) is 0 Å². The summed E-state index contributed by atoms with van der Waals surface area (Å²) in [7, 11) is 4.62. The molecule has 0 saturated heterocycles. The molecule has 0 fully saturated rings. The lowest BCUT2D eigenvalue weighted by atomic mass is 10.0. The van der Waals surface area contributed by atoms with Crippen LogP contribution in [0, 0.1) is 0 Å². The zero-order valence-corrected chi connectivity index (χ0v) is 16.4. The highest BCUT2D eigenvalue weighted by molar-refractivity contribution is 6.30. The number of fused-ring (bicyclic) bond motifs is 1. The van der Waals surface area contributed by atoms with E-state index >= 15 is 0 Å². The average Bonchev–Trinajstić information content (AvgIpc) is 2.66. The van der Waals surface area contributed by atoms with E-state index in [9.17, 15) is 4.79 Å². The molecule has 2 aromatic carbocycles. The predicted molar refractivity (Wildman–Crippen MR) is 107 cm³/mol. The Morgan fingerprint density at radius 3 is 2.44 bits per heavy atom. The Labute approximate surface area is 164 Å². The SMILES string of the molecule is COc1cc(NC(=O)CN2CCCc3cc(Cl)ccc32)cc(OC)c1OC. The van der Waals surface area contributed by atoms with Crippen LogP contribution in [-0.2, 0) is 11.2 Å². The number of ether oxygens (including phenoxy) is 3. The minimum absolute atomic E-state index is 0.118. The van der Waals surface area contributed by atoms with Crippen LogP contribution in [-0.4, -0.2) is 40.3 Å². The van der Waals surface area contributed by atoms with Crippen molar-refractivity contribution >= 4 is 28.9 Å². The molecule has 27 heavy (non-hydrogen) atoms. The number of anilines is 2. The molecular formula is C20H23ClN2O4. The van der Waals surface area contributed by atoms with Crippen molar-refractivity contribution in [2.24, 2.45) is 0 Å². The van der Waals surface area contributed by atoms with Crippen LogP contribution in [0.5, 0.6) is 17.2 Å². The van der Waals surface area contributed by atoms with Crippen molar-refractivity contribution in [1.82, 2.24) is 0 Å². The molecule has 7 heteroatoms. The third-order valence-electron chi connectivity index (χ3n) is 4.54. The first-order valence-electron chi connectivity index (χ1n) is 8.69. The number of aryl methyl sites for hydroxylation is 1. The van der Waals surface area contributed by atoms with Crippen LogP contribution in [0.2, 0.25) is 5.02 Å². The molecule has 6 nitrogen and oxygen atoms in total. The van der Waals surface area contributed by atoms with Gasteiger partial charge in [-0.1, -0.05) is 11.6 Å². The molecule has 2 aromatic rings. The molecule has 0 bridgehead atoms. The Bertz CT molecular complexity index is 816. The van der Waals surface area contributed by atoms with E-state index in [4.69, 9.17) is 25.8 Å². The number of rotatable bonds is 6. The Hall–Kier alpha value is -2.60. The maximum atomic E-state index is 12.6. The molecule has 1 aliphatic heterocycles. The van der Waals surface area contributed by atoms with E-state index in [0.29, 0.717) is 22.9 Å². The standard InChI is InChI=1S/C20H23ClN2O4/c1-25-17-10-15(11-18(26-2)20(17)27-3)22-19(24)12-23-8-4-5-13-9-14(21)6-7-16(13)23/h6-7,9-11H,4-5,8,12H2,1-3H3,(H,22,24). The largest absolute Gasteiger partial charge is 0.493 e. The van der Waals surface area contributed by atoms with Gasteiger partial charge in [0.1, 0.15) is 0 Å². The van der Waals surface area contributed by atoms with Crippen LogP contribution in [0.25, 0.3) is 0 Å². The van der Waals surface area contributed by atoms with E-state index in [1.54, 1.807) is 33.5 Å². The molecule has 0 unspecified atom stereocenters. The predicted octanol–water partition coefficient (Wildman–Crippen LogP) is 3.76. The molecular weight excluding hydrogens is 368 g/mol. The third-order valence-corrected chi connectivity index (χ3v) is 4.77. The van der Waals surface area contributed by atoms with E-state index in [1.807, 2.05) is 18.2 Å². The lowest BCUT2D eigenvalue weighted by molar-refractivity contribution is -0.115. The third kappa shape index (κ3) is 4.22. The summed E-state index contributed by atoms with van der Waals surface area (Å²) in [5.41, 5.74) is 2.82. The molecule has 0 spiro atoms. The highest BCUT2D eigenvalue weighted by Gasteiger charge is 2.20. The van der Waals surface area contributed by atoms with Crippen molar-refractivity contribution in [1.29, 1.82) is 0 Å². The van der Waals surface area contributed by atoms with Crippen LogP contribution < -0.4 is 24.4 Å². The van der Waals surface area contributed by atoms with Crippen molar-refractivity contribution in [3.05, 3.63) is 40.9 Å². The molecule has 0 radical (unpaired) electrons. The number of halogens is 1. The summed E-state index contributed by atoms with van der Waals surface area (Å²) in [6.45, 7) is 1.09. The lowest BCUT2D eigenvalue weighted by Gasteiger charge is -2.30. The lowest BCUT2D eigenvalue weighted by Crippen LogP contribution is -2.36. The highest BCUT2D eigenvalue weighted by atomic mass is 35.5. The van der Waals surface area contributed by atoms with Crippen molar-refractivity contribution in [3.8, 4) is 17.2 Å². The van der Waals surface area contributed by atoms with E-state index in [0.717, 1.165) is 30.1 Å². The summed E-state index contributed by atoms with van der Waals surface area (Å²) >= 11 is 6.09. The molecule has 1 aliphatic rings. The second kappa shape index (κ2) is 8.39. The van der Waals surface area contributed by atoms with Crippen LogP contribution in [0.1, 0.15) is 12.0 Å². The normalized spacial score (nSPS) is 13.0. The second-order valence-electron chi connectivity index (χ2n) is 6.26. The summed E-state index contributed by atoms with van der Waals surface area (Å²) in [5, 5.41) is 3.63. The smallest absolute Gasteiger partial charge is 0.243 e. The molecule has 1 N–H and O–H groups in total. The van der Waals surface area contributed by atoms with Crippen molar-refractivity contribution in [2.75, 3.05) is 44.6 Å². The number of nitrogens with zero attached hydrogens (tertiary/aromatic N) is 1. The first-order valence-corrected chi connectivity index (χ1v) is 9.06. The minimum atomic E-state index is -0.118. The van der Waals surface area contributed by atoms with E-state index in [2.05, 4.69) is 10.2 Å². The van der Waals surface area contributed by atoms with Gasteiger partial charge in [-0.05, 0) is 36.6 Å². The van der Waals surface area contributed by atoms with Gasteiger partial charge in [0.2, 0.25) is 11.7 Å². The number of hydrogen-bond acceptors (Lipinski definition) is 5. The van der Waals surface area contributed by atoms with Crippen LogP contribution in [0.15, 0.2) is 30.3 Å². The number of amides is 1. The summed E-state index contributed by atoms with van der Waals surface area (Å²) < 4.78 is 16.0. The van der Waals surface area contributed by atoms with Gasteiger partial charge in [-0.3, -0.25) is 4.79 Å². The fourth-order valence-electron chi connectivity index (χ4n) is 3.33. The maximum Gasteiger partial charge on any atom is 0.243 e. The molecule has 0 aromatic heterocycles. The number of methoxy groups -OCH3 is 3. The first-order chi connectivity index (χ1) is 13.0. The monoisotopic (exact) mass is 390 g/mol. The van der Waals surface area contributed by atoms with Crippen molar-refractivity contribution < 1.29 is 19.0 Å². The van der Waals surface area contributed by atoms with E-state index in [-0.39, 0.29) is 12.5 Å². The van der Waals surface area contributed by atoms with Gasteiger partial charge in [0, 0.05) is 35.1 Å². The number of carbonyl (C=O) groups excluding carboxylic acids is 1. The fourth-order valence-corrected chi connectivity index (χ4v) is 3.53. The average molecular weight is 391 g/mol. The Morgan fingerprint density at radius 1 is 1.11 bits per heavy atom. The highest BCUT2D eigenvalue weighted by Crippen LogP contribution is 2.40. The Balaban J connectivity index is 1.76. The van der Waals surface area contributed by atoms with Crippen LogP contribution in [0.3, 0.4) is 0 Å². The Kier molecular flexibility index (Phi) is 5.96. The summed E-state index contributed by atoms with van der Waals surface area (Å²) in [4.78, 5) is 14.7. The van der Waals surface area contributed by atoms with Crippen molar-refractivity contribution in [2.45, 2.75) is 12.8 Å². The van der Waals surface area contributed by atoms with Gasteiger partial charge < -0.3 is 24.4 Å². The van der Waals surface area contributed by atoms with Gasteiger partial charge >= 0.3 is 0 Å². The number of hydrogen-bond donors (Lipinski definition) is 1. The van der Waals surface area contributed by atoms with E-state index in [1.165, 1.54) is 5.56 Å². The molecule has 0 atom stereocenters. The van der Waals surface area contributed by atoms with E-state index < -0.39 is 0 Å². The molecule has 1 amide bonds.